The molecule has 2 amide bonds. The number of nitrogens with one attached hydrogen (secondary N) is 1. The van der Waals surface area contributed by atoms with Crippen LogP contribution in [0.25, 0.3) is 10.9 Å². The highest BCUT2D eigenvalue weighted by Crippen LogP contribution is 2.45. The molecule has 0 radical (unpaired) electrons. The first kappa shape index (κ1) is 33.9. The van der Waals surface area contributed by atoms with Crippen molar-refractivity contribution in [3.05, 3.63) is 30.0 Å². The molecule has 1 aromatic carbocycles. The number of carbonyl (C=O) groups excluding carboxylic acids is 3. The maximum absolute atomic E-state index is 16.1. The van der Waals surface area contributed by atoms with E-state index in [1.165, 1.54) is 12.0 Å². The summed E-state index contributed by atoms with van der Waals surface area (Å²) in [7, 11) is 1.52. The van der Waals surface area contributed by atoms with Gasteiger partial charge in [-0.2, -0.15) is 8.78 Å². The summed E-state index contributed by atoms with van der Waals surface area (Å²) in [6.45, 7) is 9.25. The van der Waals surface area contributed by atoms with Gasteiger partial charge in [0, 0.05) is 17.7 Å². The van der Waals surface area contributed by atoms with Crippen LogP contribution in [-0.2, 0) is 20.2 Å². The summed E-state index contributed by atoms with van der Waals surface area (Å²) in [5, 5.41) is 3.40. The Morgan fingerprint density at radius 2 is 1.87 bits per heavy atom. The Hall–Kier alpha value is -3.50. The van der Waals surface area contributed by atoms with Crippen LogP contribution in [-0.4, -0.2) is 65.6 Å². The average Bonchev–Trinajstić information content (AvgIpc) is 3.54. The largest absolute Gasteiger partial charge is 0.497 e. The predicted octanol–water partition coefficient (Wildman–Crippen LogP) is 6.79. The summed E-state index contributed by atoms with van der Waals surface area (Å²) >= 11 is 0. The van der Waals surface area contributed by atoms with Crippen molar-refractivity contribution in [3.8, 4) is 11.5 Å². The van der Waals surface area contributed by atoms with Crippen LogP contribution in [0.5, 0.6) is 11.5 Å². The molecule has 0 unspecified atom stereocenters. The van der Waals surface area contributed by atoms with Crippen molar-refractivity contribution in [1.29, 1.82) is 0 Å². The second-order valence-corrected chi connectivity index (χ2v) is 14.4. The molecule has 3 heterocycles. The molecule has 2 bridgehead atoms. The molecule has 11 heteroatoms. The Morgan fingerprint density at radius 1 is 1.13 bits per heavy atom. The van der Waals surface area contributed by atoms with Crippen molar-refractivity contribution in [2.24, 2.45) is 17.3 Å². The van der Waals surface area contributed by atoms with E-state index in [-0.39, 0.29) is 24.6 Å². The van der Waals surface area contributed by atoms with Crippen molar-refractivity contribution in [2.75, 3.05) is 13.7 Å². The molecule has 3 aliphatic rings. The number of aromatic nitrogens is 1. The lowest BCUT2D eigenvalue weighted by Gasteiger charge is -2.37. The Balaban J connectivity index is 1.60. The van der Waals surface area contributed by atoms with E-state index in [9.17, 15) is 14.4 Å². The average molecular weight is 644 g/mol. The van der Waals surface area contributed by atoms with Gasteiger partial charge < -0.3 is 29.2 Å². The lowest BCUT2D eigenvalue weighted by atomic mass is 9.85. The number of alkyl halides is 2. The fourth-order valence-corrected chi connectivity index (χ4v) is 7.54. The van der Waals surface area contributed by atoms with Gasteiger partial charge in [-0.15, -0.1) is 0 Å². The summed E-state index contributed by atoms with van der Waals surface area (Å²) in [6.07, 6.45) is 3.00. The van der Waals surface area contributed by atoms with Crippen LogP contribution in [0.3, 0.4) is 0 Å². The van der Waals surface area contributed by atoms with Crippen LogP contribution in [0.2, 0.25) is 0 Å². The zero-order chi connectivity index (χ0) is 33.4. The van der Waals surface area contributed by atoms with Crippen molar-refractivity contribution in [2.45, 2.75) is 116 Å². The second-order valence-electron chi connectivity index (χ2n) is 14.4. The lowest BCUT2D eigenvalue weighted by molar-refractivity contribution is -0.139. The standard InChI is InChI=1S/C35H47F2N3O6/c1-7-24-26(20-41)40-19-28(24)45-27-18-21-17-23(44-6)13-14-25(21)38-29(27)35(36,37)16-9-8-11-22-12-10-15-34(22,5)46-32(43)39-30(31(40)42)33(2,3)4/h13-14,17-18,20,22,24,26,28,30H,7-12,15-16,19H2,1-6H3,(H,39,43)/t22-,24+,26-,28+,30-,34-/m1/s1. The zero-order valence-corrected chi connectivity index (χ0v) is 27.7. The van der Waals surface area contributed by atoms with Crippen molar-refractivity contribution in [3.63, 3.8) is 0 Å². The van der Waals surface area contributed by atoms with E-state index >= 15 is 8.78 Å². The molecular weight excluding hydrogens is 596 g/mol. The molecule has 5 rings (SSSR count). The number of amides is 2. The fraction of sp³-hybridized carbons (Fsp3) is 0.657. The monoisotopic (exact) mass is 643 g/mol. The smallest absolute Gasteiger partial charge is 0.408 e. The van der Waals surface area contributed by atoms with Gasteiger partial charge in [-0.3, -0.25) is 4.79 Å². The minimum absolute atomic E-state index is 0.00584. The van der Waals surface area contributed by atoms with E-state index in [4.69, 9.17) is 14.2 Å². The van der Waals surface area contributed by atoms with Gasteiger partial charge in [-0.1, -0.05) is 34.1 Å². The second kappa shape index (κ2) is 13.0. The van der Waals surface area contributed by atoms with Gasteiger partial charge in [0.25, 0.3) is 5.92 Å². The molecular formula is C35H47F2N3O6. The SMILES string of the molecule is CC[C@@H]1[C@@H]2CN(C(=O)[C@H](C(C)(C)C)NC(=O)O[C@]3(C)CCC[C@H]3CCCCC(F)(F)c3nc4ccc(OC)cc4cc3O2)[C@@H]1C=O. The summed E-state index contributed by atoms with van der Waals surface area (Å²) in [6, 6.07) is 4.71. The molecule has 1 saturated heterocycles. The predicted molar refractivity (Wildman–Crippen MR) is 169 cm³/mol. The van der Waals surface area contributed by atoms with Crippen LogP contribution < -0.4 is 14.8 Å². The molecule has 0 spiro atoms. The van der Waals surface area contributed by atoms with E-state index in [2.05, 4.69) is 10.3 Å². The van der Waals surface area contributed by atoms with Crippen molar-refractivity contribution < 1.29 is 37.4 Å². The van der Waals surface area contributed by atoms with Crippen LogP contribution in [0.1, 0.15) is 91.7 Å². The molecule has 1 saturated carbocycles. The van der Waals surface area contributed by atoms with Crippen LogP contribution in [0, 0.1) is 17.3 Å². The zero-order valence-electron chi connectivity index (χ0n) is 27.7. The number of alkyl carbamates (subject to hydrolysis) is 1. The fourth-order valence-electron chi connectivity index (χ4n) is 7.54. The molecule has 252 valence electrons. The van der Waals surface area contributed by atoms with Crippen molar-refractivity contribution in [1.82, 2.24) is 15.2 Å². The number of fused-ring (bicyclic) bond motifs is 5. The van der Waals surface area contributed by atoms with Gasteiger partial charge in [-0.05, 0) is 81.0 Å². The lowest BCUT2D eigenvalue weighted by Crippen LogP contribution is -2.57. The number of hydrogen-bond donors (Lipinski definition) is 1. The third-order valence-electron chi connectivity index (χ3n) is 10.2. The Kier molecular flexibility index (Phi) is 9.53. The highest BCUT2D eigenvalue weighted by atomic mass is 19.3. The summed E-state index contributed by atoms with van der Waals surface area (Å²) < 4.78 is 50.1. The number of ether oxygens (including phenoxy) is 3. The molecule has 2 aromatic rings. The molecule has 6 atom stereocenters. The van der Waals surface area contributed by atoms with E-state index in [1.54, 1.807) is 24.3 Å². The Labute approximate surface area is 269 Å². The number of benzene rings is 1. The quantitative estimate of drug-likeness (QED) is 0.367. The molecule has 1 aromatic heterocycles. The van der Waals surface area contributed by atoms with Gasteiger partial charge in [0.15, 0.2) is 5.69 Å². The molecule has 1 aliphatic carbocycles. The maximum Gasteiger partial charge on any atom is 0.408 e. The van der Waals surface area contributed by atoms with Gasteiger partial charge in [0.1, 0.15) is 35.5 Å². The first-order chi connectivity index (χ1) is 21.7. The van der Waals surface area contributed by atoms with E-state index in [0.717, 1.165) is 12.8 Å². The number of aldehydes is 1. The highest BCUT2D eigenvalue weighted by molar-refractivity contribution is 5.89. The van der Waals surface area contributed by atoms with Crippen LogP contribution in [0.15, 0.2) is 24.3 Å². The highest BCUT2D eigenvalue weighted by Gasteiger charge is 2.50. The first-order valence-corrected chi connectivity index (χ1v) is 16.5. The minimum Gasteiger partial charge on any atom is -0.497 e. The molecule has 2 fully saturated rings. The van der Waals surface area contributed by atoms with Gasteiger partial charge in [-0.25, -0.2) is 9.78 Å². The summed E-state index contributed by atoms with van der Waals surface area (Å²) in [4.78, 5) is 46.0. The summed E-state index contributed by atoms with van der Waals surface area (Å²) in [5.41, 5.74) is -1.57. The van der Waals surface area contributed by atoms with Crippen LogP contribution in [0.4, 0.5) is 13.6 Å². The Bertz CT molecular complexity index is 1460. The van der Waals surface area contributed by atoms with Crippen molar-refractivity contribution >= 4 is 29.2 Å². The third kappa shape index (κ3) is 6.65. The molecule has 1 N–H and O–H groups in total. The van der Waals surface area contributed by atoms with E-state index in [1.807, 2.05) is 34.6 Å². The number of nitrogens with zero attached hydrogens (tertiary/aromatic N) is 2. The Morgan fingerprint density at radius 3 is 2.54 bits per heavy atom. The van der Waals surface area contributed by atoms with Gasteiger partial charge >= 0.3 is 6.09 Å². The third-order valence-corrected chi connectivity index (χ3v) is 10.2. The summed E-state index contributed by atoms with van der Waals surface area (Å²) in [5.74, 6) is -3.76. The number of carbonyl (C=O) groups is 3. The van der Waals surface area contributed by atoms with E-state index in [0.29, 0.717) is 48.6 Å². The number of rotatable bonds is 3. The van der Waals surface area contributed by atoms with Gasteiger partial charge in [0.05, 0.1) is 25.2 Å². The molecule has 46 heavy (non-hydrogen) atoms. The molecule has 2 aliphatic heterocycles. The number of pyridine rings is 1. The normalized spacial score (nSPS) is 30.7. The number of halogens is 2. The van der Waals surface area contributed by atoms with Crippen LogP contribution >= 0.6 is 0 Å². The topological polar surface area (TPSA) is 107 Å². The maximum atomic E-state index is 16.1. The minimum atomic E-state index is -3.30. The van der Waals surface area contributed by atoms with Gasteiger partial charge in [0.2, 0.25) is 5.91 Å². The number of methoxy groups -OCH3 is 1. The van der Waals surface area contributed by atoms with E-state index < -0.39 is 65.2 Å². The molecule has 9 nitrogen and oxygen atoms in total. The number of hydrogen-bond acceptors (Lipinski definition) is 7. The first-order valence-electron chi connectivity index (χ1n) is 16.5.